The van der Waals surface area contributed by atoms with Crippen molar-refractivity contribution in [3.05, 3.63) is 51.5 Å². The summed E-state index contributed by atoms with van der Waals surface area (Å²) < 4.78 is 1.77. The van der Waals surface area contributed by atoms with Crippen LogP contribution in [0.15, 0.2) is 35.6 Å². The molecule has 1 aliphatic carbocycles. The predicted octanol–water partition coefficient (Wildman–Crippen LogP) is 2.14. The SMILES string of the molecule is C=CCn1c(=S)[nH]c2cc(C(=O)NC3CC3)ccc2c1=O. The Morgan fingerprint density at radius 1 is 1.52 bits per heavy atom. The third-order valence-corrected chi connectivity index (χ3v) is 3.79. The van der Waals surface area contributed by atoms with Crippen LogP contribution < -0.4 is 10.9 Å². The van der Waals surface area contributed by atoms with E-state index in [1.165, 1.54) is 4.57 Å². The van der Waals surface area contributed by atoms with E-state index >= 15 is 0 Å². The van der Waals surface area contributed by atoms with E-state index < -0.39 is 0 Å². The van der Waals surface area contributed by atoms with Crippen LogP contribution in [0.3, 0.4) is 0 Å². The summed E-state index contributed by atoms with van der Waals surface area (Å²) in [7, 11) is 0. The molecule has 21 heavy (non-hydrogen) atoms. The molecule has 0 saturated heterocycles. The van der Waals surface area contributed by atoms with Gasteiger partial charge >= 0.3 is 0 Å². The minimum absolute atomic E-state index is 0.117. The molecule has 1 aliphatic rings. The van der Waals surface area contributed by atoms with E-state index in [0.29, 0.717) is 33.8 Å². The molecule has 3 rings (SSSR count). The summed E-state index contributed by atoms with van der Waals surface area (Å²) in [6.45, 7) is 3.97. The molecule has 2 aromatic rings. The third kappa shape index (κ3) is 2.67. The Kier molecular flexibility index (Phi) is 3.47. The number of nitrogens with one attached hydrogen (secondary N) is 2. The van der Waals surface area contributed by atoms with E-state index in [9.17, 15) is 9.59 Å². The number of aromatic nitrogens is 2. The van der Waals surface area contributed by atoms with Gasteiger partial charge in [0.05, 0.1) is 10.9 Å². The molecule has 0 unspecified atom stereocenters. The lowest BCUT2D eigenvalue weighted by atomic mass is 10.1. The van der Waals surface area contributed by atoms with Gasteiger partial charge in [0.25, 0.3) is 11.5 Å². The Morgan fingerprint density at radius 2 is 2.29 bits per heavy atom. The molecule has 0 bridgehead atoms. The van der Waals surface area contributed by atoms with Gasteiger partial charge in [0.2, 0.25) is 0 Å². The molecule has 2 N–H and O–H groups in total. The summed E-state index contributed by atoms with van der Waals surface area (Å²) in [4.78, 5) is 27.4. The van der Waals surface area contributed by atoms with Crippen molar-refractivity contribution in [1.29, 1.82) is 0 Å². The van der Waals surface area contributed by atoms with Crippen LogP contribution in [0.25, 0.3) is 10.9 Å². The molecule has 0 spiro atoms. The minimum atomic E-state index is -0.178. The lowest BCUT2D eigenvalue weighted by Crippen LogP contribution is -2.26. The molecule has 5 nitrogen and oxygen atoms in total. The predicted molar refractivity (Wildman–Crippen MR) is 84.1 cm³/mol. The Labute approximate surface area is 126 Å². The second kappa shape index (κ2) is 5.29. The molecule has 0 radical (unpaired) electrons. The molecule has 1 fully saturated rings. The molecule has 6 heteroatoms. The number of benzene rings is 1. The van der Waals surface area contributed by atoms with Gasteiger partial charge in [0.1, 0.15) is 0 Å². The Hall–Kier alpha value is -2.21. The van der Waals surface area contributed by atoms with Crippen molar-refractivity contribution in [2.45, 2.75) is 25.4 Å². The molecule has 1 amide bonds. The smallest absolute Gasteiger partial charge is 0.262 e. The Bertz CT molecular complexity index is 846. The highest BCUT2D eigenvalue weighted by Gasteiger charge is 2.23. The molecular weight excluding hydrogens is 286 g/mol. The number of amides is 1. The summed E-state index contributed by atoms with van der Waals surface area (Å²) >= 11 is 5.18. The van der Waals surface area contributed by atoms with Crippen LogP contribution in [0.2, 0.25) is 0 Å². The molecule has 0 atom stereocenters. The first-order valence-electron chi connectivity index (χ1n) is 6.79. The van der Waals surface area contributed by atoms with E-state index in [-0.39, 0.29) is 11.5 Å². The number of allylic oxidation sites excluding steroid dienone is 1. The Morgan fingerprint density at radius 3 is 2.95 bits per heavy atom. The lowest BCUT2D eigenvalue weighted by Gasteiger charge is -2.07. The molecule has 1 heterocycles. The standard InChI is InChI=1S/C15H15N3O2S/c1-2-7-18-14(20)11-6-3-9(8-12(11)17-15(18)21)13(19)16-10-4-5-10/h2-3,6,8,10H,1,4-5,7H2,(H,16,19)(H,17,21). The quantitative estimate of drug-likeness (QED) is 0.671. The van der Waals surface area contributed by atoms with Gasteiger partial charge in [-0.2, -0.15) is 0 Å². The van der Waals surface area contributed by atoms with Gasteiger partial charge in [0, 0.05) is 18.2 Å². The van der Waals surface area contributed by atoms with Crippen LogP contribution in [0.1, 0.15) is 23.2 Å². The summed E-state index contributed by atoms with van der Waals surface area (Å²) in [6.07, 6.45) is 3.69. The fourth-order valence-electron chi connectivity index (χ4n) is 2.19. The van der Waals surface area contributed by atoms with E-state index in [1.807, 2.05) is 0 Å². The first-order chi connectivity index (χ1) is 10.1. The normalized spacial score (nSPS) is 14.1. The molecule has 0 aliphatic heterocycles. The second-order valence-electron chi connectivity index (χ2n) is 5.14. The number of hydrogen-bond donors (Lipinski definition) is 2. The first-order valence-corrected chi connectivity index (χ1v) is 7.19. The van der Waals surface area contributed by atoms with Crippen molar-refractivity contribution >= 4 is 29.0 Å². The van der Waals surface area contributed by atoms with Gasteiger partial charge in [0.15, 0.2) is 4.77 Å². The van der Waals surface area contributed by atoms with E-state index in [2.05, 4.69) is 16.9 Å². The number of carbonyl (C=O) groups is 1. The number of hydrogen-bond acceptors (Lipinski definition) is 3. The zero-order valence-corrected chi connectivity index (χ0v) is 12.2. The summed E-state index contributed by atoms with van der Waals surface area (Å²) in [5.74, 6) is -0.117. The van der Waals surface area contributed by atoms with E-state index in [0.717, 1.165) is 12.8 Å². The molecule has 108 valence electrons. The van der Waals surface area contributed by atoms with Crippen LogP contribution in [0.4, 0.5) is 0 Å². The first kappa shape index (κ1) is 13.8. The zero-order valence-electron chi connectivity index (χ0n) is 11.4. The maximum absolute atomic E-state index is 12.3. The summed E-state index contributed by atoms with van der Waals surface area (Å²) in [6, 6.07) is 5.29. The van der Waals surface area contributed by atoms with Gasteiger partial charge < -0.3 is 10.3 Å². The van der Waals surface area contributed by atoms with Gasteiger partial charge in [-0.3, -0.25) is 14.2 Å². The average Bonchev–Trinajstić information content (AvgIpc) is 3.26. The maximum Gasteiger partial charge on any atom is 0.262 e. The van der Waals surface area contributed by atoms with Crippen molar-refractivity contribution in [1.82, 2.24) is 14.9 Å². The molecule has 1 saturated carbocycles. The topological polar surface area (TPSA) is 66.9 Å². The maximum atomic E-state index is 12.3. The highest BCUT2D eigenvalue weighted by molar-refractivity contribution is 7.71. The molecule has 1 aromatic heterocycles. The fraction of sp³-hybridized carbons (Fsp3) is 0.267. The Balaban J connectivity index is 2.07. The number of nitrogens with zero attached hydrogens (tertiary/aromatic N) is 1. The summed E-state index contributed by atoms with van der Waals surface area (Å²) in [5, 5.41) is 3.43. The number of H-pyrrole nitrogens is 1. The fourth-order valence-corrected chi connectivity index (χ4v) is 2.45. The minimum Gasteiger partial charge on any atom is -0.349 e. The number of carbonyl (C=O) groups excluding carboxylic acids is 1. The van der Waals surface area contributed by atoms with Gasteiger partial charge in [-0.25, -0.2) is 0 Å². The van der Waals surface area contributed by atoms with Crippen molar-refractivity contribution < 1.29 is 4.79 Å². The number of aromatic amines is 1. The van der Waals surface area contributed by atoms with Crippen molar-refractivity contribution in [3.8, 4) is 0 Å². The van der Waals surface area contributed by atoms with Crippen LogP contribution >= 0.6 is 12.2 Å². The van der Waals surface area contributed by atoms with Crippen LogP contribution in [0, 0.1) is 4.77 Å². The third-order valence-electron chi connectivity index (χ3n) is 3.47. The highest BCUT2D eigenvalue weighted by Crippen LogP contribution is 2.20. The van der Waals surface area contributed by atoms with Gasteiger partial charge in [-0.05, 0) is 43.3 Å². The number of rotatable bonds is 4. The van der Waals surface area contributed by atoms with Crippen molar-refractivity contribution in [2.24, 2.45) is 0 Å². The van der Waals surface area contributed by atoms with E-state index in [1.54, 1.807) is 24.3 Å². The molecular formula is C15H15N3O2S. The van der Waals surface area contributed by atoms with Crippen LogP contribution in [-0.2, 0) is 6.54 Å². The van der Waals surface area contributed by atoms with Crippen LogP contribution in [-0.4, -0.2) is 21.5 Å². The van der Waals surface area contributed by atoms with Gasteiger partial charge in [-0.15, -0.1) is 6.58 Å². The van der Waals surface area contributed by atoms with Gasteiger partial charge in [-0.1, -0.05) is 6.08 Å². The average molecular weight is 301 g/mol. The summed E-state index contributed by atoms with van der Waals surface area (Å²) in [5.41, 5.74) is 0.928. The highest BCUT2D eigenvalue weighted by atomic mass is 32.1. The van der Waals surface area contributed by atoms with Crippen LogP contribution in [0.5, 0.6) is 0 Å². The zero-order chi connectivity index (χ0) is 15.0. The van der Waals surface area contributed by atoms with E-state index in [4.69, 9.17) is 12.2 Å². The number of fused-ring (bicyclic) bond motifs is 1. The monoisotopic (exact) mass is 301 g/mol. The van der Waals surface area contributed by atoms with Crippen molar-refractivity contribution in [2.75, 3.05) is 0 Å². The van der Waals surface area contributed by atoms with Crippen molar-refractivity contribution in [3.63, 3.8) is 0 Å². The molecule has 1 aromatic carbocycles. The largest absolute Gasteiger partial charge is 0.349 e. The second-order valence-corrected chi connectivity index (χ2v) is 5.53. The lowest BCUT2D eigenvalue weighted by molar-refractivity contribution is 0.0951.